The molecule has 2 aromatic carbocycles. The molecule has 2 rings (SSSR count). The average Bonchev–Trinajstić information content (AvgIpc) is 2.40. The molecule has 0 aliphatic rings. The number of aryl methyl sites for hydroxylation is 2. The molecule has 0 aliphatic carbocycles. The van der Waals surface area contributed by atoms with Crippen LogP contribution in [0, 0.1) is 13.8 Å². The van der Waals surface area contributed by atoms with E-state index in [0.29, 0.717) is 17.8 Å². The van der Waals surface area contributed by atoms with Crippen LogP contribution in [0.15, 0.2) is 42.5 Å². The number of carbonyl (C=O) groups is 1. The summed E-state index contributed by atoms with van der Waals surface area (Å²) in [6.07, 6.45) is 0. The van der Waals surface area contributed by atoms with Gasteiger partial charge in [-0.3, -0.25) is 4.79 Å². The molecule has 0 aliphatic heterocycles. The third-order valence-electron chi connectivity index (χ3n) is 3.29. The molecule has 0 radical (unpaired) electrons. The first kappa shape index (κ1) is 14.1. The maximum Gasteiger partial charge on any atom is 0.255 e. The second kappa shape index (κ2) is 5.78. The summed E-state index contributed by atoms with van der Waals surface area (Å²) < 4.78 is 0. The van der Waals surface area contributed by atoms with Crippen LogP contribution in [-0.2, 0) is 6.54 Å². The quantitative estimate of drug-likeness (QED) is 0.869. The highest BCUT2D eigenvalue weighted by Gasteiger charge is 2.15. The molecule has 0 saturated carbocycles. The second-order valence-electron chi connectivity index (χ2n) is 5.24. The first-order valence-corrected chi connectivity index (χ1v) is 6.64. The third-order valence-corrected chi connectivity index (χ3v) is 3.29. The van der Waals surface area contributed by atoms with Crippen molar-refractivity contribution in [1.82, 2.24) is 4.90 Å². The number of hydrogen-bond acceptors (Lipinski definition) is 2. The van der Waals surface area contributed by atoms with Crippen LogP contribution < -0.4 is 5.73 Å². The molecule has 3 nitrogen and oxygen atoms in total. The average molecular weight is 268 g/mol. The lowest BCUT2D eigenvalue weighted by Gasteiger charge is -2.19. The predicted octanol–water partition coefficient (Wildman–Crippen LogP) is 3.16. The van der Waals surface area contributed by atoms with Gasteiger partial charge in [0.1, 0.15) is 0 Å². The minimum Gasteiger partial charge on any atom is -0.398 e. The van der Waals surface area contributed by atoms with Crippen LogP contribution in [0.3, 0.4) is 0 Å². The van der Waals surface area contributed by atoms with Crippen LogP contribution in [0.1, 0.15) is 27.0 Å². The number of nitrogens with zero attached hydrogens (tertiary/aromatic N) is 1. The Labute approximate surface area is 120 Å². The largest absolute Gasteiger partial charge is 0.398 e. The fourth-order valence-corrected chi connectivity index (χ4v) is 2.22. The van der Waals surface area contributed by atoms with Crippen LogP contribution >= 0.6 is 0 Å². The third kappa shape index (κ3) is 3.18. The van der Waals surface area contributed by atoms with Gasteiger partial charge >= 0.3 is 0 Å². The summed E-state index contributed by atoms with van der Waals surface area (Å²) >= 11 is 0. The highest BCUT2D eigenvalue weighted by Crippen LogP contribution is 2.17. The van der Waals surface area contributed by atoms with E-state index in [0.717, 1.165) is 11.1 Å². The van der Waals surface area contributed by atoms with Gasteiger partial charge in [-0.1, -0.05) is 41.5 Å². The maximum atomic E-state index is 12.5. The first-order chi connectivity index (χ1) is 9.47. The SMILES string of the molecule is Cc1cccc(CN(C)C(=O)c2cc(C)ccc2N)c1. The van der Waals surface area contributed by atoms with Crippen molar-refractivity contribution in [1.29, 1.82) is 0 Å². The van der Waals surface area contributed by atoms with Crippen molar-refractivity contribution in [2.45, 2.75) is 20.4 Å². The Morgan fingerprint density at radius 1 is 1.10 bits per heavy atom. The molecule has 0 saturated heterocycles. The zero-order valence-electron chi connectivity index (χ0n) is 12.2. The van der Waals surface area contributed by atoms with Crippen LogP contribution in [0.25, 0.3) is 0 Å². The summed E-state index contributed by atoms with van der Waals surface area (Å²) in [6, 6.07) is 13.7. The van der Waals surface area contributed by atoms with Crippen LogP contribution in [-0.4, -0.2) is 17.9 Å². The van der Waals surface area contributed by atoms with E-state index in [1.165, 1.54) is 5.56 Å². The van der Waals surface area contributed by atoms with Crippen molar-refractivity contribution < 1.29 is 4.79 Å². The maximum absolute atomic E-state index is 12.5. The molecule has 0 unspecified atom stereocenters. The lowest BCUT2D eigenvalue weighted by molar-refractivity contribution is 0.0786. The van der Waals surface area contributed by atoms with E-state index in [-0.39, 0.29) is 5.91 Å². The first-order valence-electron chi connectivity index (χ1n) is 6.64. The Morgan fingerprint density at radius 3 is 2.50 bits per heavy atom. The predicted molar refractivity (Wildman–Crippen MR) is 82.6 cm³/mol. The monoisotopic (exact) mass is 268 g/mol. The normalized spacial score (nSPS) is 10.3. The molecule has 0 bridgehead atoms. The van der Waals surface area contributed by atoms with Gasteiger partial charge in [-0.25, -0.2) is 0 Å². The van der Waals surface area contributed by atoms with Crippen LogP contribution in [0.5, 0.6) is 0 Å². The number of hydrogen-bond donors (Lipinski definition) is 1. The molecule has 0 aromatic heterocycles. The van der Waals surface area contributed by atoms with Crippen molar-refractivity contribution in [3.8, 4) is 0 Å². The highest BCUT2D eigenvalue weighted by molar-refractivity contribution is 5.99. The molecule has 0 spiro atoms. The molecule has 20 heavy (non-hydrogen) atoms. The number of anilines is 1. The number of amides is 1. The zero-order chi connectivity index (χ0) is 14.7. The summed E-state index contributed by atoms with van der Waals surface area (Å²) in [4.78, 5) is 14.1. The highest BCUT2D eigenvalue weighted by atomic mass is 16.2. The summed E-state index contributed by atoms with van der Waals surface area (Å²) in [7, 11) is 1.80. The summed E-state index contributed by atoms with van der Waals surface area (Å²) in [5, 5.41) is 0. The van der Waals surface area contributed by atoms with E-state index < -0.39 is 0 Å². The molecule has 0 atom stereocenters. The summed E-state index contributed by atoms with van der Waals surface area (Å²) in [5.74, 6) is -0.0484. The molecular weight excluding hydrogens is 248 g/mol. The fraction of sp³-hybridized carbons (Fsp3) is 0.235. The second-order valence-corrected chi connectivity index (χ2v) is 5.24. The van der Waals surface area contributed by atoms with Crippen molar-refractivity contribution in [3.63, 3.8) is 0 Å². The smallest absolute Gasteiger partial charge is 0.255 e. The van der Waals surface area contributed by atoms with Gasteiger partial charge < -0.3 is 10.6 Å². The standard InChI is InChI=1S/C17H20N2O/c1-12-5-4-6-14(9-12)11-19(3)17(20)15-10-13(2)7-8-16(15)18/h4-10H,11,18H2,1-3H3. The van der Waals surface area contributed by atoms with E-state index in [1.54, 1.807) is 18.0 Å². The minimum atomic E-state index is -0.0484. The van der Waals surface area contributed by atoms with Crippen molar-refractivity contribution in [2.24, 2.45) is 0 Å². The van der Waals surface area contributed by atoms with E-state index in [4.69, 9.17) is 5.73 Å². The molecule has 2 N–H and O–H groups in total. The number of nitrogens with two attached hydrogens (primary N) is 1. The Balaban J connectivity index is 2.18. The van der Waals surface area contributed by atoms with E-state index >= 15 is 0 Å². The zero-order valence-corrected chi connectivity index (χ0v) is 12.2. The lowest BCUT2D eigenvalue weighted by Crippen LogP contribution is -2.27. The van der Waals surface area contributed by atoms with Crippen LogP contribution in [0.4, 0.5) is 5.69 Å². The Morgan fingerprint density at radius 2 is 1.80 bits per heavy atom. The van der Waals surface area contributed by atoms with Gasteiger partial charge in [0.25, 0.3) is 5.91 Å². The fourth-order valence-electron chi connectivity index (χ4n) is 2.22. The summed E-state index contributed by atoms with van der Waals surface area (Å²) in [6.45, 7) is 4.58. The van der Waals surface area contributed by atoms with Crippen LogP contribution in [0.2, 0.25) is 0 Å². The van der Waals surface area contributed by atoms with Gasteiger partial charge in [0.15, 0.2) is 0 Å². The lowest BCUT2D eigenvalue weighted by atomic mass is 10.1. The number of benzene rings is 2. The summed E-state index contributed by atoms with van der Waals surface area (Å²) in [5.41, 5.74) is 10.3. The Bertz CT molecular complexity index is 635. The molecule has 104 valence electrons. The van der Waals surface area contributed by atoms with E-state index in [9.17, 15) is 4.79 Å². The minimum absolute atomic E-state index is 0.0484. The molecule has 1 amide bonds. The Kier molecular flexibility index (Phi) is 4.08. The molecule has 0 fully saturated rings. The van der Waals surface area contributed by atoms with E-state index in [2.05, 4.69) is 6.07 Å². The molecular formula is C17H20N2O. The molecule has 2 aromatic rings. The van der Waals surface area contributed by atoms with Gasteiger partial charge in [0.2, 0.25) is 0 Å². The van der Waals surface area contributed by atoms with Crippen molar-refractivity contribution in [3.05, 3.63) is 64.7 Å². The number of nitrogen functional groups attached to an aromatic ring is 1. The van der Waals surface area contributed by atoms with Gasteiger partial charge in [0, 0.05) is 19.3 Å². The molecule has 0 heterocycles. The Hall–Kier alpha value is -2.29. The number of carbonyl (C=O) groups excluding carboxylic acids is 1. The van der Waals surface area contributed by atoms with E-state index in [1.807, 2.05) is 44.2 Å². The van der Waals surface area contributed by atoms with Gasteiger partial charge in [-0.2, -0.15) is 0 Å². The van der Waals surface area contributed by atoms with Crippen molar-refractivity contribution in [2.75, 3.05) is 12.8 Å². The van der Waals surface area contributed by atoms with Gasteiger partial charge in [-0.05, 0) is 31.5 Å². The topological polar surface area (TPSA) is 46.3 Å². The van der Waals surface area contributed by atoms with Gasteiger partial charge in [0.05, 0.1) is 5.56 Å². The number of rotatable bonds is 3. The molecule has 3 heteroatoms. The van der Waals surface area contributed by atoms with Gasteiger partial charge in [-0.15, -0.1) is 0 Å². The van der Waals surface area contributed by atoms with Crippen molar-refractivity contribution >= 4 is 11.6 Å².